The van der Waals surface area contributed by atoms with Crippen molar-refractivity contribution in [3.63, 3.8) is 0 Å². The number of rotatable bonds is 2. The maximum atomic E-state index is 9.33. The van der Waals surface area contributed by atoms with Gasteiger partial charge in [0.2, 0.25) is 0 Å². The van der Waals surface area contributed by atoms with Crippen LogP contribution in [0.15, 0.2) is 48.5 Å². The lowest BCUT2D eigenvalue weighted by Gasteiger charge is -2.16. The summed E-state index contributed by atoms with van der Waals surface area (Å²) in [7, 11) is 3.90. The van der Waals surface area contributed by atoms with Gasteiger partial charge in [-0.2, -0.15) is 5.26 Å². The fourth-order valence-electron chi connectivity index (χ4n) is 1.89. The first kappa shape index (κ1) is 11.2. The van der Waals surface area contributed by atoms with Crippen molar-refractivity contribution in [3.05, 3.63) is 54.1 Å². The van der Waals surface area contributed by atoms with E-state index in [0.717, 1.165) is 22.4 Å². The van der Waals surface area contributed by atoms with E-state index in [9.17, 15) is 5.26 Å². The Morgan fingerprint density at radius 1 is 0.941 bits per heavy atom. The molecule has 2 aromatic carbocycles. The van der Waals surface area contributed by atoms with Gasteiger partial charge in [-0.3, -0.25) is 0 Å². The highest BCUT2D eigenvalue weighted by molar-refractivity contribution is 5.78. The number of hydrogen-bond acceptors (Lipinski definition) is 2. The van der Waals surface area contributed by atoms with Gasteiger partial charge in [0.05, 0.1) is 11.3 Å². The Morgan fingerprint density at radius 3 is 2.24 bits per heavy atom. The highest BCUT2D eigenvalue weighted by Crippen LogP contribution is 2.29. The van der Waals surface area contributed by atoms with Gasteiger partial charge in [-0.05, 0) is 11.6 Å². The monoisotopic (exact) mass is 222 g/mol. The molecule has 0 saturated heterocycles. The molecular formula is C15H14N2. The fourth-order valence-corrected chi connectivity index (χ4v) is 1.89. The number of nitriles is 1. The minimum Gasteiger partial charge on any atom is -0.377 e. The second-order valence-electron chi connectivity index (χ2n) is 4.07. The summed E-state index contributed by atoms with van der Waals surface area (Å²) in [6.07, 6.45) is 0. The molecule has 2 heteroatoms. The molecule has 0 aliphatic carbocycles. The molecule has 0 N–H and O–H groups in total. The van der Waals surface area contributed by atoms with Gasteiger partial charge in [0.25, 0.3) is 0 Å². The minimum atomic E-state index is 0.726. The zero-order chi connectivity index (χ0) is 12.3. The zero-order valence-corrected chi connectivity index (χ0v) is 10.0. The topological polar surface area (TPSA) is 27.0 Å². The highest BCUT2D eigenvalue weighted by Gasteiger charge is 2.10. The first-order valence-electron chi connectivity index (χ1n) is 5.50. The molecule has 0 saturated carbocycles. The van der Waals surface area contributed by atoms with E-state index in [1.165, 1.54) is 0 Å². The lowest BCUT2D eigenvalue weighted by molar-refractivity contribution is 1.13. The van der Waals surface area contributed by atoms with Gasteiger partial charge in [0, 0.05) is 19.7 Å². The molecule has 0 unspecified atom stereocenters. The van der Waals surface area contributed by atoms with Crippen molar-refractivity contribution in [2.45, 2.75) is 0 Å². The predicted octanol–water partition coefficient (Wildman–Crippen LogP) is 3.29. The molecule has 2 nitrogen and oxygen atoms in total. The smallest absolute Gasteiger partial charge is 0.102 e. The van der Waals surface area contributed by atoms with Crippen LogP contribution in [-0.4, -0.2) is 14.1 Å². The Bertz CT molecular complexity index is 551. The molecule has 0 radical (unpaired) electrons. The second kappa shape index (κ2) is 4.71. The SMILES string of the molecule is CN(C)c1cccc(-c2ccccc2)c1C#N. The average Bonchev–Trinajstić information content (AvgIpc) is 2.38. The second-order valence-corrected chi connectivity index (χ2v) is 4.07. The van der Waals surface area contributed by atoms with Gasteiger partial charge in [0.15, 0.2) is 0 Å². The average molecular weight is 222 g/mol. The van der Waals surface area contributed by atoms with Gasteiger partial charge in [-0.15, -0.1) is 0 Å². The molecule has 0 aromatic heterocycles. The summed E-state index contributed by atoms with van der Waals surface area (Å²) in [6.45, 7) is 0. The van der Waals surface area contributed by atoms with E-state index in [0.29, 0.717) is 0 Å². The van der Waals surface area contributed by atoms with Crippen LogP contribution in [0, 0.1) is 11.3 Å². The van der Waals surface area contributed by atoms with Gasteiger partial charge in [-0.25, -0.2) is 0 Å². The molecule has 0 aliphatic heterocycles. The molecule has 0 amide bonds. The zero-order valence-electron chi connectivity index (χ0n) is 10.0. The standard InChI is InChI=1S/C15H14N2/c1-17(2)15-10-6-9-13(14(15)11-16)12-7-4-3-5-8-12/h3-10H,1-2H3. The van der Waals surface area contributed by atoms with Gasteiger partial charge >= 0.3 is 0 Å². The van der Waals surface area contributed by atoms with E-state index in [4.69, 9.17) is 0 Å². The molecule has 0 fully saturated rings. The highest BCUT2D eigenvalue weighted by atomic mass is 15.1. The molecule has 2 aromatic rings. The molecule has 0 atom stereocenters. The molecular weight excluding hydrogens is 208 g/mol. The van der Waals surface area contributed by atoms with Crippen molar-refractivity contribution in [3.8, 4) is 17.2 Å². The Labute approximate surface area is 102 Å². The van der Waals surface area contributed by atoms with Crippen molar-refractivity contribution in [2.75, 3.05) is 19.0 Å². The maximum absolute atomic E-state index is 9.33. The van der Waals surface area contributed by atoms with E-state index in [2.05, 4.69) is 6.07 Å². The van der Waals surface area contributed by atoms with E-state index in [1.54, 1.807) is 0 Å². The number of hydrogen-bond donors (Lipinski definition) is 0. The lowest BCUT2D eigenvalue weighted by atomic mass is 9.99. The van der Waals surface area contributed by atoms with Crippen LogP contribution in [0.5, 0.6) is 0 Å². The van der Waals surface area contributed by atoms with Crippen LogP contribution in [0.4, 0.5) is 5.69 Å². The molecule has 17 heavy (non-hydrogen) atoms. The van der Waals surface area contributed by atoms with Crippen molar-refractivity contribution < 1.29 is 0 Å². The van der Waals surface area contributed by atoms with E-state index in [1.807, 2.05) is 67.5 Å². The summed E-state index contributed by atoms with van der Waals surface area (Å²) in [5.41, 5.74) is 3.74. The van der Waals surface area contributed by atoms with Crippen molar-refractivity contribution in [2.24, 2.45) is 0 Å². The van der Waals surface area contributed by atoms with Crippen LogP contribution in [-0.2, 0) is 0 Å². The van der Waals surface area contributed by atoms with Crippen molar-refractivity contribution in [1.82, 2.24) is 0 Å². The molecule has 0 aliphatic rings. The Hall–Kier alpha value is -2.27. The first-order valence-corrected chi connectivity index (χ1v) is 5.50. The van der Waals surface area contributed by atoms with Gasteiger partial charge < -0.3 is 4.90 Å². The number of benzene rings is 2. The summed E-state index contributed by atoms with van der Waals surface area (Å²) in [5, 5.41) is 9.33. The van der Waals surface area contributed by atoms with Crippen LogP contribution in [0.25, 0.3) is 11.1 Å². The maximum Gasteiger partial charge on any atom is 0.102 e. The molecule has 0 bridgehead atoms. The van der Waals surface area contributed by atoms with E-state index >= 15 is 0 Å². The predicted molar refractivity (Wildman–Crippen MR) is 70.9 cm³/mol. The summed E-state index contributed by atoms with van der Waals surface area (Å²) in [6, 6.07) is 18.2. The van der Waals surface area contributed by atoms with E-state index in [-0.39, 0.29) is 0 Å². The summed E-state index contributed by atoms with van der Waals surface area (Å²) >= 11 is 0. The summed E-state index contributed by atoms with van der Waals surface area (Å²) in [5.74, 6) is 0. The van der Waals surface area contributed by atoms with Crippen LogP contribution >= 0.6 is 0 Å². The first-order chi connectivity index (χ1) is 8.24. The third kappa shape index (κ3) is 2.14. The largest absolute Gasteiger partial charge is 0.377 e. The van der Waals surface area contributed by atoms with Crippen LogP contribution < -0.4 is 4.90 Å². The quantitative estimate of drug-likeness (QED) is 0.779. The van der Waals surface area contributed by atoms with Gasteiger partial charge in [0.1, 0.15) is 6.07 Å². The van der Waals surface area contributed by atoms with Crippen LogP contribution in [0.3, 0.4) is 0 Å². The third-order valence-corrected chi connectivity index (χ3v) is 2.72. The molecule has 2 rings (SSSR count). The fraction of sp³-hybridized carbons (Fsp3) is 0.133. The molecule has 0 heterocycles. The lowest BCUT2D eigenvalue weighted by Crippen LogP contribution is -2.10. The molecule has 0 spiro atoms. The van der Waals surface area contributed by atoms with Crippen molar-refractivity contribution >= 4 is 5.69 Å². The Balaban J connectivity index is 2.64. The Morgan fingerprint density at radius 2 is 1.65 bits per heavy atom. The minimum absolute atomic E-state index is 0.726. The van der Waals surface area contributed by atoms with Crippen LogP contribution in [0.1, 0.15) is 5.56 Å². The molecule has 84 valence electrons. The normalized spacial score (nSPS) is 9.71. The number of nitrogens with zero attached hydrogens (tertiary/aromatic N) is 2. The van der Waals surface area contributed by atoms with Gasteiger partial charge in [-0.1, -0.05) is 42.5 Å². The van der Waals surface area contributed by atoms with E-state index < -0.39 is 0 Å². The number of anilines is 1. The summed E-state index contributed by atoms with van der Waals surface area (Å²) < 4.78 is 0. The summed E-state index contributed by atoms with van der Waals surface area (Å²) in [4.78, 5) is 1.96. The third-order valence-electron chi connectivity index (χ3n) is 2.72. The van der Waals surface area contributed by atoms with Crippen molar-refractivity contribution in [1.29, 1.82) is 5.26 Å². The Kier molecular flexibility index (Phi) is 3.11. The van der Waals surface area contributed by atoms with Crippen LogP contribution in [0.2, 0.25) is 0 Å².